The van der Waals surface area contributed by atoms with Crippen LogP contribution in [-0.4, -0.2) is 46.7 Å². The zero-order valence-electron chi connectivity index (χ0n) is 15.0. The Morgan fingerprint density at radius 3 is 2.56 bits per heavy atom. The smallest absolute Gasteiger partial charge is 0.407 e. The molecule has 25 heavy (non-hydrogen) atoms. The van der Waals surface area contributed by atoms with Crippen molar-refractivity contribution < 1.29 is 19.4 Å². The van der Waals surface area contributed by atoms with E-state index in [-0.39, 0.29) is 31.3 Å². The second kappa shape index (κ2) is 9.42. The molecule has 2 rings (SSSR count). The van der Waals surface area contributed by atoms with Crippen molar-refractivity contribution in [1.82, 2.24) is 10.2 Å². The second-order valence-electron chi connectivity index (χ2n) is 6.82. The molecule has 2 N–H and O–H groups in total. The van der Waals surface area contributed by atoms with Gasteiger partial charge in [-0.3, -0.25) is 9.69 Å². The minimum absolute atomic E-state index is 0.0143. The van der Waals surface area contributed by atoms with Crippen LogP contribution in [0.25, 0.3) is 0 Å². The van der Waals surface area contributed by atoms with Crippen LogP contribution in [0, 0.1) is 0 Å². The second-order valence-corrected chi connectivity index (χ2v) is 6.82. The Morgan fingerprint density at radius 1 is 1.24 bits per heavy atom. The van der Waals surface area contributed by atoms with Gasteiger partial charge in [0.05, 0.1) is 6.54 Å². The quantitative estimate of drug-likeness (QED) is 0.792. The molecule has 1 fully saturated rings. The van der Waals surface area contributed by atoms with E-state index >= 15 is 0 Å². The number of ether oxygens (including phenoxy) is 1. The molecule has 2 atom stereocenters. The maximum absolute atomic E-state index is 12.2. The molecule has 0 bridgehead atoms. The first kappa shape index (κ1) is 19.2. The van der Waals surface area contributed by atoms with Crippen LogP contribution in [0.5, 0.6) is 0 Å². The van der Waals surface area contributed by atoms with Gasteiger partial charge < -0.3 is 15.2 Å². The maximum atomic E-state index is 12.2. The molecule has 1 aliphatic rings. The van der Waals surface area contributed by atoms with Gasteiger partial charge in [0.2, 0.25) is 0 Å². The normalized spacial score (nSPS) is 20.5. The first-order valence-corrected chi connectivity index (χ1v) is 8.92. The first-order chi connectivity index (χ1) is 12.0. The number of carboxylic acids is 1. The number of amides is 1. The highest BCUT2D eigenvalue weighted by Crippen LogP contribution is 2.25. The third kappa shape index (κ3) is 6.05. The summed E-state index contributed by atoms with van der Waals surface area (Å²) in [4.78, 5) is 25.3. The van der Waals surface area contributed by atoms with E-state index in [1.165, 1.54) is 0 Å². The van der Waals surface area contributed by atoms with Crippen molar-refractivity contribution in [1.29, 1.82) is 0 Å². The lowest BCUT2D eigenvalue weighted by Gasteiger charge is -2.41. The Labute approximate surface area is 149 Å². The molecule has 1 amide bonds. The Balaban J connectivity index is 1.94. The van der Waals surface area contributed by atoms with Gasteiger partial charge in [0.15, 0.2) is 0 Å². The van der Waals surface area contributed by atoms with E-state index in [1.807, 2.05) is 49.1 Å². The number of carboxylic acid groups (broad SMARTS) is 1. The summed E-state index contributed by atoms with van der Waals surface area (Å²) in [6.45, 7) is 4.19. The summed E-state index contributed by atoms with van der Waals surface area (Å²) in [5, 5.41) is 12.1. The molecule has 1 aromatic carbocycles. The van der Waals surface area contributed by atoms with Gasteiger partial charge in [0.25, 0.3) is 0 Å². The lowest BCUT2D eigenvalue weighted by atomic mass is 9.88. The first-order valence-electron chi connectivity index (χ1n) is 8.92. The number of aliphatic carboxylic acids is 1. The van der Waals surface area contributed by atoms with Gasteiger partial charge >= 0.3 is 12.1 Å². The van der Waals surface area contributed by atoms with Crippen molar-refractivity contribution in [2.45, 2.75) is 64.3 Å². The van der Waals surface area contributed by atoms with Gasteiger partial charge in [-0.2, -0.15) is 0 Å². The fraction of sp³-hybridized carbons (Fsp3) is 0.579. The molecule has 1 aliphatic carbocycles. The number of hydrogen-bond donors (Lipinski definition) is 2. The zero-order chi connectivity index (χ0) is 18.2. The van der Waals surface area contributed by atoms with Crippen molar-refractivity contribution in [2.24, 2.45) is 0 Å². The van der Waals surface area contributed by atoms with Crippen LogP contribution in [0.3, 0.4) is 0 Å². The fourth-order valence-corrected chi connectivity index (χ4v) is 3.43. The van der Waals surface area contributed by atoms with Crippen molar-refractivity contribution >= 4 is 12.1 Å². The predicted octanol–water partition coefficient (Wildman–Crippen LogP) is 3.02. The number of carbonyl (C=O) groups excluding carboxylic acids is 1. The van der Waals surface area contributed by atoms with Gasteiger partial charge in [0.1, 0.15) is 6.61 Å². The average Bonchev–Trinajstić information content (AvgIpc) is 2.59. The summed E-state index contributed by atoms with van der Waals surface area (Å²) in [5.41, 5.74) is 0.938. The lowest BCUT2D eigenvalue weighted by molar-refractivity contribution is -0.139. The molecule has 138 valence electrons. The molecule has 2 unspecified atom stereocenters. The van der Waals surface area contributed by atoms with Crippen molar-refractivity contribution in [2.75, 3.05) is 6.54 Å². The minimum atomic E-state index is -0.843. The molecule has 0 aromatic heterocycles. The molecule has 0 radical (unpaired) electrons. The highest BCUT2D eigenvalue weighted by Gasteiger charge is 2.33. The minimum Gasteiger partial charge on any atom is -0.480 e. The monoisotopic (exact) mass is 348 g/mol. The summed E-state index contributed by atoms with van der Waals surface area (Å²) < 4.78 is 5.32. The molecular weight excluding hydrogens is 320 g/mol. The third-order valence-electron chi connectivity index (χ3n) is 4.65. The van der Waals surface area contributed by atoms with E-state index in [9.17, 15) is 14.7 Å². The molecule has 0 heterocycles. The number of rotatable bonds is 7. The van der Waals surface area contributed by atoms with Gasteiger partial charge in [-0.05, 0) is 32.3 Å². The summed E-state index contributed by atoms with van der Waals surface area (Å²) >= 11 is 0. The topological polar surface area (TPSA) is 78.9 Å². The van der Waals surface area contributed by atoms with Crippen LogP contribution in [0.4, 0.5) is 4.79 Å². The van der Waals surface area contributed by atoms with Crippen LogP contribution in [0.2, 0.25) is 0 Å². The van der Waals surface area contributed by atoms with Crippen molar-refractivity contribution in [3.8, 4) is 0 Å². The number of benzene rings is 1. The van der Waals surface area contributed by atoms with Crippen LogP contribution in [0.1, 0.15) is 45.1 Å². The van der Waals surface area contributed by atoms with E-state index in [1.54, 1.807) is 0 Å². The summed E-state index contributed by atoms with van der Waals surface area (Å²) in [5.74, 6) is -0.843. The average molecular weight is 348 g/mol. The standard InChI is InChI=1S/C19H28N2O4/c1-14(2)21(12-18(22)23)17-11-7-6-10-16(17)20-19(24)25-13-15-8-4-3-5-9-15/h3-5,8-9,14,16-17H,6-7,10-13H2,1-2H3,(H,20,24)(H,22,23). The van der Waals surface area contributed by atoms with Crippen LogP contribution >= 0.6 is 0 Å². The van der Waals surface area contributed by atoms with E-state index in [0.29, 0.717) is 0 Å². The zero-order valence-corrected chi connectivity index (χ0v) is 15.0. The van der Waals surface area contributed by atoms with E-state index in [2.05, 4.69) is 5.32 Å². The summed E-state index contributed by atoms with van der Waals surface area (Å²) in [7, 11) is 0. The van der Waals surface area contributed by atoms with Gasteiger partial charge in [-0.15, -0.1) is 0 Å². The molecular formula is C19H28N2O4. The molecule has 0 aliphatic heterocycles. The van der Waals surface area contributed by atoms with Gasteiger partial charge in [0, 0.05) is 18.1 Å². The Hall–Kier alpha value is -2.08. The molecule has 1 aromatic rings. The number of alkyl carbamates (subject to hydrolysis) is 1. The van der Waals surface area contributed by atoms with Crippen LogP contribution < -0.4 is 5.32 Å². The maximum Gasteiger partial charge on any atom is 0.407 e. The Morgan fingerprint density at radius 2 is 1.92 bits per heavy atom. The van der Waals surface area contributed by atoms with Crippen molar-refractivity contribution in [3.05, 3.63) is 35.9 Å². The van der Waals surface area contributed by atoms with E-state index in [0.717, 1.165) is 31.2 Å². The van der Waals surface area contributed by atoms with E-state index < -0.39 is 12.1 Å². The summed E-state index contributed by atoms with van der Waals surface area (Å²) in [6, 6.07) is 9.57. The molecule has 6 nitrogen and oxygen atoms in total. The Bertz CT molecular complexity index is 562. The largest absolute Gasteiger partial charge is 0.480 e. The fourth-order valence-electron chi connectivity index (χ4n) is 3.43. The predicted molar refractivity (Wildman–Crippen MR) is 95.3 cm³/mol. The van der Waals surface area contributed by atoms with Gasteiger partial charge in [-0.1, -0.05) is 43.2 Å². The lowest BCUT2D eigenvalue weighted by Crippen LogP contribution is -2.56. The SMILES string of the molecule is CC(C)N(CC(=O)O)C1CCCCC1NC(=O)OCc1ccccc1. The number of nitrogens with one attached hydrogen (secondary N) is 1. The highest BCUT2D eigenvalue weighted by atomic mass is 16.5. The van der Waals surface area contributed by atoms with Gasteiger partial charge in [-0.25, -0.2) is 4.79 Å². The Kier molecular flexibility index (Phi) is 7.25. The molecule has 0 spiro atoms. The molecule has 1 saturated carbocycles. The third-order valence-corrected chi connectivity index (χ3v) is 4.65. The number of hydrogen-bond acceptors (Lipinski definition) is 4. The number of nitrogens with zero attached hydrogens (tertiary/aromatic N) is 1. The summed E-state index contributed by atoms with van der Waals surface area (Å²) in [6.07, 6.45) is 3.35. The van der Waals surface area contributed by atoms with Crippen LogP contribution in [-0.2, 0) is 16.1 Å². The van der Waals surface area contributed by atoms with Crippen LogP contribution in [0.15, 0.2) is 30.3 Å². The highest BCUT2D eigenvalue weighted by molar-refractivity contribution is 5.69. The number of carbonyl (C=O) groups is 2. The molecule has 0 saturated heterocycles. The van der Waals surface area contributed by atoms with Crippen molar-refractivity contribution in [3.63, 3.8) is 0 Å². The molecule has 6 heteroatoms. The van der Waals surface area contributed by atoms with E-state index in [4.69, 9.17) is 4.74 Å².